The SMILES string of the molecule is O=C(CN1CCOC1=O)NC(c1cccnc1)C1CCOCC1. The summed E-state index contributed by atoms with van der Waals surface area (Å²) >= 11 is 0. The van der Waals surface area contributed by atoms with Crippen LogP contribution < -0.4 is 5.32 Å². The first-order valence-corrected chi connectivity index (χ1v) is 7.93. The van der Waals surface area contributed by atoms with Gasteiger partial charge in [-0.3, -0.25) is 14.7 Å². The Bertz CT molecular complexity index is 546. The monoisotopic (exact) mass is 319 g/mol. The van der Waals surface area contributed by atoms with Gasteiger partial charge in [0.1, 0.15) is 13.2 Å². The molecular weight excluding hydrogens is 298 g/mol. The van der Waals surface area contributed by atoms with Crippen molar-refractivity contribution in [1.82, 2.24) is 15.2 Å². The molecule has 23 heavy (non-hydrogen) atoms. The summed E-state index contributed by atoms with van der Waals surface area (Å²) in [7, 11) is 0. The lowest BCUT2D eigenvalue weighted by Crippen LogP contribution is -2.42. The number of hydrogen-bond donors (Lipinski definition) is 1. The Morgan fingerprint density at radius 1 is 1.39 bits per heavy atom. The molecule has 0 saturated carbocycles. The summed E-state index contributed by atoms with van der Waals surface area (Å²) in [6, 6.07) is 3.72. The second-order valence-electron chi connectivity index (χ2n) is 5.82. The van der Waals surface area contributed by atoms with E-state index >= 15 is 0 Å². The van der Waals surface area contributed by atoms with Gasteiger partial charge in [-0.15, -0.1) is 0 Å². The number of carbonyl (C=O) groups is 2. The zero-order chi connectivity index (χ0) is 16.1. The topological polar surface area (TPSA) is 80.8 Å². The van der Waals surface area contributed by atoms with E-state index in [1.807, 2.05) is 12.1 Å². The molecule has 7 nitrogen and oxygen atoms in total. The van der Waals surface area contributed by atoms with E-state index in [1.165, 1.54) is 4.90 Å². The molecule has 7 heteroatoms. The fourth-order valence-corrected chi connectivity index (χ4v) is 3.04. The van der Waals surface area contributed by atoms with Crippen molar-refractivity contribution in [3.63, 3.8) is 0 Å². The number of rotatable bonds is 5. The van der Waals surface area contributed by atoms with Crippen LogP contribution in [0.25, 0.3) is 0 Å². The molecule has 1 aromatic rings. The Labute approximate surface area is 135 Å². The van der Waals surface area contributed by atoms with Crippen LogP contribution >= 0.6 is 0 Å². The third-order valence-electron chi connectivity index (χ3n) is 4.28. The molecule has 0 bridgehead atoms. The highest BCUT2D eigenvalue weighted by atomic mass is 16.6. The number of aromatic nitrogens is 1. The number of hydrogen-bond acceptors (Lipinski definition) is 5. The van der Waals surface area contributed by atoms with Gasteiger partial charge in [0, 0.05) is 25.6 Å². The molecule has 3 rings (SSSR count). The molecule has 2 amide bonds. The molecule has 2 saturated heterocycles. The molecule has 1 aromatic heterocycles. The van der Waals surface area contributed by atoms with E-state index in [0.717, 1.165) is 18.4 Å². The fourth-order valence-electron chi connectivity index (χ4n) is 3.04. The maximum atomic E-state index is 12.4. The van der Waals surface area contributed by atoms with Crippen LogP contribution in [-0.2, 0) is 14.3 Å². The van der Waals surface area contributed by atoms with Gasteiger partial charge in [-0.2, -0.15) is 0 Å². The average molecular weight is 319 g/mol. The molecule has 2 fully saturated rings. The van der Waals surface area contributed by atoms with Crippen LogP contribution in [0.5, 0.6) is 0 Å². The van der Waals surface area contributed by atoms with Crippen molar-refractivity contribution in [1.29, 1.82) is 0 Å². The highest BCUT2D eigenvalue weighted by molar-refractivity contribution is 5.83. The summed E-state index contributed by atoms with van der Waals surface area (Å²) < 4.78 is 10.3. The van der Waals surface area contributed by atoms with Crippen molar-refractivity contribution >= 4 is 12.0 Å². The smallest absolute Gasteiger partial charge is 0.410 e. The first-order valence-electron chi connectivity index (χ1n) is 7.93. The molecule has 2 aliphatic heterocycles. The largest absolute Gasteiger partial charge is 0.448 e. The Morgan fingerprint density at radius 2 is 2.22 bits per heavy atom. The predicted octanol–water partition coefficient (Wildman–Crippen LogP) is 1.12. The second-order valence-corrected chi connectivity index (χ2v) is 5.82. The highest BCUT2D eigenvalue weighted by Gasteiger charge is 2.29. The number of carbonyl (C=O) groups excluding carboxylic acids is 2. The Kier molecular flexibility index (Phi) is 5.07. The summed E-state index contributed by atoms with van der Waals surface area (Å²) in [6.07, 6.45) is 4.86. The summed E-state index contributed by atoms with van der Waals surface area (Å²) in [4.78, 5) is 29.4. The van der Waals surface area contributed by atoms with Crippen LogP contribution in [0.1, 0.15) is 24.4 Å². The summed E-state index contributed by atoms with van der Waals surface area (Å²) in [5, 5.41) is 3.07. The van der Waals surface area contributed by atoms with Crippen molar-refractivity contribution < 1.29 is 19.1 Å². The van der Waals surface area contributed by atoms with Crippen molar-refractivity contribution in [3.8, 4) is 0 Å². The number of cyclic esters (lactones) is 1. The number of nitrogens with one attached hydrogen (secondary N) is 1. The van der Waals surface area contributed by atoms with Gasteiger partial charge in [0.25, 0.3) is 0 Å². The number of amides is 2. The fraction of sp³-hybridized carbons (Fsp3) is 0.562. The normalized spacial score (nSPS) is 20.2. The zero-order valence-electron chi connectivity index (χ0n) is 12.9. The van der Waals surface area contributed by atoms with Gasteiger partial charge in [-0.1, -0.05) is 6.07 Å². The third-order valence-corrected chi connectivity index (χ3v) is 4.28. The average Bonchev–Trinajstić information content (AvgIpc) is 2.99. The number of ether oxygens (including phenoxy) is 2. The predicted molar refractivity (Wildman–Crippen MR) is 81.6 cm³/mol. The van der Waals surface area contributed by atoms with Gasteiger partial charge in [-0.25, -0.2) is 4.79 Å². The second kappa shape index (κ2) is 7.41. The lowest BCUT2D eigenvalue weighted by atomic mass is 9.87. The third kappa shape index (κ3) is 3.98. The van der Waals surface area contributed by atoms with Crippen LogP contribution in [0, 0.1) is 5.92 Å². The van der Waals surface area contributed by atoms with Gasteiger partial charge < -0.3 is 14.8 Å². The van der Waals surface area contributed by atoms with Crippen LogP contribution in [-0.4, -0.2) is 54.8 Å². The molecule has 0 aromatic carbocycles. The van der Waals surface area contributed by atoms with Gasteiger partial charge >= 0.3 is 6.09 Å². The van der Waals surface area contributed by atoms with E-state index in [1.54, 1.807) is 12.4 Å². The van der Waals surface area contributed by atoms with Crippen molar-refractivity contribution in [2.24, 2.45) is 5.92 Å². The first-order chi connectivity index (χ1) is 11.2. The van der Waals surface area contributed by atoms with E-state index in [2.05, 4.69) is 10.3 Å². The zero-order valence-corrected chi connectivity index (χ0v) is 12.9. The van der Waals surface area contributed by atoms with Crippen molar-refractivity contribution in [2.45, 2.75) is 18.9 Å². The summed E-state index contributed by atoms with van der Waals surface area (Å²) in [5.41, 5.74) is 0.983. The van der Waals surface area contributed by atoms with Gasteiger partial charge in [-0.05, 0) is 30.4 Å². The Balaban J connectivity index is 1.67. The molecule has 1 atom stereocenters. The number of pyridine rings is 1. The molecule has 0 aliphatic carbocycles. The Morgan fingerprint density at radius 3 is 2.87 bits per heavy atom. The molecular formula is C16H21N3O4. The highest BCUT2D eigenvalue weighted by Crippen LogP contribution is 2.29. The molecule has 1 N–H and O–H groups in total. The summed E-state index contributed by atoms with van der Waals surface area (Å²) in [6.45, 7) is 2.24. The molecule has 1 unspecified atom stereocenters. The summed E-state index contributed by atoms with van der Waals surface area (Å²) in [5.74, 6) is 0.131. The first kappa shape index (κ1) is 15.7. The van der Waals surface area contributed by atoms with Crippen molar-refractivity contribution in [2.75, 3.05) is 32.9 Å². The van der Waals surface area contributed by atoms with E-state index in [0.29, 0.717) is 32.3 Å². The Hall–Kier alpha value is -2.15. The standard InChI is InChI=1S/C16H21N3O4/c20-14(11-19-6-9-23-16(19)21)18-15(12-3-7-22-8-4-12)13-2-1-5-17-10-13/h1-2,5,10,12,15H,3-4,6-9,11H2,(H,18,20). The minimum atomic E-state index is -0.427. The van der Waals surface area contributed by atoms with E-state index in [9.17, 15) is 9.59 Å². The molecule has 124 valence electrons. The van der Waals surface area contributed by atoms with Gasteiger partial charge in [0.15, 0.2) is 0 Å². The molecule has 2 aliphatic rings. The number of nitrogens with zero attached hydrogens (tertiary/aromatic N) is 2. The van der Waals surface area contributed by atoms with E-state index < -0.39 is 6.09 Å². The van der Waals surface area contributed by atoms with Gasteiger partial charge in [0.05, 0.1) is 12.6 Å². The van der Waals surface area contributed by atoms with E-state index in [4.69, 9.17) is 9.47 Å². The molecule has 3 heterocycles. The van der Waals surface area contributed by atoms with Crippen LogP contribution in [0.15, 0.2) is 24.5 Å². The quantitative estimate of drug-likeness (QED) is 0.879. The van der Waals surface area contributed by atoms with Crippen LogP contribution in [0.2, 0.25) is 0 Å². The lowest BCUT2D eigenvalue weighted by Gasteiger charge is -2.31. The van der Waals surface area contributed by atoms with Crippen LogP contribution in [0.3, 0.4) is 0 Å². The lowest BCUT2D eigenvalue weighted by molar-refractivity contribution is -0.123. The van der Waals surface area contributed by atoms with Gasteiger partial charge in [0.2, 0.25) is 5.91 Å². The van der Waals surface area contributed by atoms with E-state index in [-0.39, 0.29) is 18.5 Å². The minimum Gasteiger partial charge on any atom is -0.448 e. The van der Waals surface area contributed by atoms with Crippen molar-refractivity contribution in [3.05, 3.63) is 30.1 Å². The maximum Gasteiger partial charge on any atom is 0.410 e. The minimum absolute atomic E-state index is 0.0266. The maximum absolute atomic E-state index is 12.4. The molecule has 0 radical (unpaired) electrons. The molecule has 0 spiro atoms. The van der Waals surface area contributed by atoms with Crippen LogP contribution in [0.4, 0.5) is 4.79 Å².